The number of aromatic hydroxyl groups is 1. The summed E-state index contributed by atoms with van der Waals surface area (Å²) in [4.78, 5) is 11.5. The number of phenols is 1. The molecule has 88 valence electrons. The highest BCUT2D eigenvalue weighted by Gasteiger charge is 2.06. The summed E-state index contributed by atoms with van der Waals surface area (Å²) in [5, 5.41) is 15.1. The van der Waals surface area contributed by atoms with E-state index in [1.54, 1.807) is 12.1 Å². The van der Waals surface area contributed by atoms with Crippen LogP contribution in [0.4, 0.5) is 5.69 Å². The number of hydrogen-bond acceptors (Lipinski definition) is 3. The number of carbonyl (C=O) groups is 1. The van der Waals surface area contributed by atoms with Gasteiger partial charge in [-0.1, -0.05) is 15.9 Å². The van der Waals surface area contributed by atoms with E-state index in [0.29, 0.717) is 12.1 Å². The molecule has 0 unspecified atom stereocenters. The summed E-state index contributed by atoms with van der Waals surface area (Å²) < 4.78 is 0.816. The molecule has 0 spiro atoms. The molecule has 1 amide bonds. The van der Waals surface area contributed by atoms with Gasteiger partial charge in [0.1, 0.15) is 5.75 Å². The van der Waals surface area contributed by atoms with Gasteiger partial charge in [0.05, 0.1) is 5.69 Å². The van der Waals surface area contributed by atoms with E-state index in [0.717, 1.165) is 17.4 Å². The fourth-order valence-electron chi connectivity index (χ4n) is 1.25. The van der Waals surface area contributed by atoms with Gasteiger partial charge in [0.2, 0.25) is 5.91 Å². The van der Waals surface area contributed by atoms with Crippen LogP contribution < -0.4 is 10.6 Å². The third-order valence-electron chi connectivity index (χ3n) is 2.06. The van der Waals surface area contributed by atoms with E-state index in [1.807, 2.05) is 7.05 Å². The van der Waals surface area contributed by atoms with Crippen LogP contribution in [0.25, 0.3) is 0 Å². The summed E-state index contributed by atoms with van der Waals surface area (Å²) in [7, 11) is 1.85. The number of hydrogen-bond donors (Lipinski definition) is 3. The molecule has 0 aliphatic carbocycles. The lowest BCUT2D eigenvalue weighted by atomic mass is 10.2. The van der Waals surface area contributed by atoms with E-state index in [-0.39, 0.29) is 11.7 Å². The number of nitrogens with one attached hydrogen (secondary N) is 2. The van der Waals surface area contributed by atoms with E-state index in [1.165, 1.54) is 6.07 Å². The van der Waals surface area contributed by atoms with Gasteiger partial charge in [-0.15, -0.1) is 0 Å². The average Bonchev–Trinajstić information content (AvgIpc) is 2.24. The monoisotopic (exact) mass is 286 g/mol. The highest BCUT2D eigenvalue weighted by molar-refractivity contribution is 9.10. The lowest BCUT2D eigenvalue weighted by Gasteiger charge is -2.07. The van der Waals surface area contributed by atoms with Crippen molar-refractivity contribution in [3.05, 3.63) is 22.7 Å². The molecular weight excluding hydrogens is 272 g/mol. The second-order valence-corrected chi connectivity index (χ2v) is 4.33. The zero-order valence-corrected chi connectivity index (χ0v) is 10.7. The predicted octanol–water partition coefficient (Wildman–Crippen LogP) is 2.09. The molecule has 0 fully saturated rings. The van der Waals surface area contributed by atoms with Gasteiger partial charge in [-0.3, -0.25) is 4.79 Å². The molecule has 0 heterocycles. The molecule has 1 rings (SSSR count). The molecule has 0 saturated carbocycles. The maximum atomic E-state index is 11.5. The molecule has 0 radical (unpaired) electrons. The van der Waals surface area contributed by atoms with E-state index in [2.05, 4.69) is 26.6 Å². The normalized spacial score (nSPS) is 10.1. The molecule has 16 heavy (non-hydrogen) atoms. The second kappa shape index (κ2) is 6.50. The minimum Gasteiger partial charge on any atom is -0.506 e. The molecule has 0 aromatic heterocycles. The van der Waals surface area contributed by atoms with Crippen molar-refractivity contribution in [2.24, 2.45) is 0 Å². The number of anilines is 1. The lowest BCUT2D eigenvalue weighted by molar-refractivity contribution is -0.116. The van der Waals surface area contributed by atoms with Crippen molar-refractivity contribution in [2.45, 2.75) is 12.8 Å². The summed E-state index contributed by atoms with van der Waals surface area (Å²) in [6.45, 7) is 0.803. The fourth-order valence-corrected chi connectivity index (χ4v) is 1.61. The minimum atomic E-state index is -0.0938. The molecule has 3 N–H and O–H groups in total. The van der Waals surface area contributed by atoms with E-state index < -0.39 is 0 Å². The van der Waals surface area contributed by atoms with Crippen LogP contribution in [0.5, 0.6) is 5.75 Å². The van der Waals surface area contributed by atoms with E-state index in [4.69, 9.17) is 0 Å². The number of carbonyl (C=O) groups excluding carboxylic acids is 1. The molecule has 1 aromatic rings. The zero-order chi connectivity index (χ0) is 12.0. The molecule has 5 heteroatoms. The standard InChI is InChI=1S/C11H15BrN2O2/c1-13-6-2-3-11(16)14-9-7-8(12)4-5-10(9)15/h4-5,7,13,15H,2-3,6H2,1H3,(H,14,16). The summed E-state index contributed by atoms with van der Waals surface area (Å²) in [5.74, 6) is -0.0196. The van der Waals surface area contributed by atoms with Gasteiger partial charge in [-0.25, -0.2) is 0 Å². The highest BCUT2D eigenvalue weighted by atomic mass is 79.9. The maximum Gasteiger partial charge on any atom is 0.224 e. The summed E-state index contributed by atoms with van der Waals surface area (Å²) >= 11 is 3.28. The van der Waals surface area contributed by atoms with Crippen LogP contribution >= 0.6 is 15.9 Å². The number of halogens is 1. The Bertz CT molecular complexity index is 369. The molecule has 0 atom stereocenters. The smallest absolute Gasteiger partial charge is 0.224 e. The molecule has 4 nitrogen and oxygen atoms in total. The van der Waals surface area contributed by atoms with Crippen molar-refractivity contribution in [1.82, 2.24) is 5.32 Å². The van der Waals surface area contributed by atoms with Crippen LogP contribution in [0, 0.1) is 0 Å². The van der Waals surface area contributed by atoms with Gasteiger partial charge in [0.25, 0.3) is 0 Å². The van der Waals surface area contributed by atoms with Crippen LogP contribution in [0.2, 0.25) is 0 Å². The van der Waals surface area contributed by atoms with Gasteiger partial charge in [0.15, 0.2) is 0 Å². The Morgan fingerprint density at radius 2 is 2.25 bits per heavy atom. The first-order valence-electron chi connectivity index (χ1n) is 5.06. The Morgan fingerprint density at radius 1 is 1.50 bits per heavy atom. The average molecular weight is 287 g/mol. The number of benzene rings is 1. The number of rotatable bonds is 5. The van der Waals surface area contributed by atoms with Gasteiger partial charge in [-0.05, 0) is 38.2 Å². The van der Waals surface area contributed by atoms with Gasteiger partial charge < -0.3 is 15.7 Å². The van der Waals surface area contributed by atoms with Crippen molar-refractivity contribution in [3.63, 3.8) is 0 Å². The first kappa shape index (κ1) is 13.0. The maximum absolute atomic E-state index is 11.5. The first-order valence-corrected chi connectivity index (χ1v) is 5.85. The van der Waals surface area contributed by atoms with Crippen molar-refractivity contribution >= 4 is 27.5 Å². The Balaban J connectivity index is 2.52. The van der Waals surface area contributed by atoms with Gasteiger partial charge in [-0.2, -0.15) is 0 Å². The molecule has 0 aliphatic rings. The van der Waals surface area contributed by atoms with E-state index in [9.17, 15) is 9.90 Å². The third-order valence-corrected chi connectivity index (χ3v) is 2.56. The largest absolute Gasteiger partial charge is 0.506 e. The topological polar surface area (TPSA) is 61.4 Å². The second-order valence-electron chi connectivity index (χ2n) is 3.42. The van der Waals surface area contributed by atoms with Crippen LogP contribution in [-0.4, -0.2) is 24.6 Å². The molecular formula is C11H15BrN2O2. The minimum absolute atomic E-state index is 0.0742. The molecule has 0 bridgehead atoms. The van der Waals surface area contributed by atoms with Gasteiger partial charge >= 0.3 is 0 Å². The number of amides is 1. The third kappa shape index (κ3) is 4.20. The highest BCUT2D eigenvalue weighted by Crippen LogP contribution is 2.26. The van der Waals surface area contributed by atoms with Crippen molar-refractivity contribution in [2.75, 3.05) is 18.9 Å². The van der Waals surface area contributed by atoms with Crippen molar-refractivity contribution in [1.29, 1.82) is 0 Å². The van der Waals surface area contributed by atoms with Crippen LogP contribution in [0.3, 0.4) is 0 Å². The molecule has 1 aromatic carbocycles. The first-order chi connectivity index (χ1) is 7.63. The fraction of sp³-hybridized carbons (Fsp3) is 0.364. The van der Waals surface area contributed by atoms with Crippen LogP contribution in [0.15, 0.2) is 22.7 Å². The quantitative estimate of drug-likeness (QED) is 0.574. The van der Waals surface area contributed by atoms with Crippen LogP contribution in [0.1, 0.15) is 12.8 Å². The predicted molar refractivity (Wildman–Crippen MR) is 67.6 cm³/mol. The Kier molecular flexibility index (Phi) is 5.28. The summed E-state index contributed by atoms with van der Waals surface area (Å²) in [5.41, 5.74) is 0.434. The summed E-state index contributed by atoms with van der Waals surface area (Å²) in [6.07, 6.45) is 1.21. The lowest BCUT2D eigenvalue weighted by Crippen LogP contribution is -2.15. The Hall–Kier alpha value is -1.07. The Morgan fingerprint density at radius 3 is 2.94 bits per heavy atom. The van der Waals surface area contributed by atoms with Crippen LogP contribution in [-0.2, 0) is 4.79 Å². The molecule has 0 saturated heterocycles. The Labute approximate surface area is 103 Å². The summed E-state index contributed by atoms with van der Waals surface area (Å²) in [6, 6.07) is 4.92. The SMILES string of the molecule is CNCCCC(=O)Nc1cc(Br)ccc1O. The zero-order valence-electron chi connectivity index (χ0n) is 9.09. The molecule has 0 aliphatic heterocycles. The van der Waals surface area contributed by atoms with Crippen molar-refractivity contribution < 1.29 is 9.90 Å². The number of phenolic OH excluding ortho intramolecular Hbond substituents is 1. The van der Waals surface area contributed by atoms with Crippen molar-refractivity contribution in [3.8, 4) is 5.75 Å². The van der Waals surface area contributed by atoms with Gasteiger partial charge in [0, 0.05) is 10.9 Å². The van der Waals surface area contributed by atoms with E-state index >= 15 is 0 Å².